The SMILES string of the molecule is N#Cc1cc(F)ccc1NS(=O)(=O)c1cccs1. The first-order chi connectivity index (χ1) is 8.53. The molecule has 0 radical (unpaired) electrons. The summed E-state index contributed by atoms with van der Waals surface area (Å²) in [6.07, 6.45) is 0. The highest BCUT2D eigenvalue weighted by Gasteiger charge is 2.17. The van der Waals surface area contributed by atoms with Gasteiger partial charge >= 0.3 is 0 Å². The molecule has 0 spiro atoms. The highest BCUT2D eigenvalue weighted by Crippen LogP contribution is 2.22. The fourth-order valence-corrected chi connectivity index (χ4v) is 3.38. The van der Waals surface area contributed by atoms with Crippen LogP contribution < -0.4 is 4.72 Å². The molecule has 1 heterocycles. The molecule has 0 fully saturated rings. The Bertz CT molecular complexity index is 703. The molecule has 1 aromatic heterocycles. The van der Waals surface area contributed by atoms with Crippen LogP contribution in [0.1, 0.15) is 5.56 Å². The molecule has 0 atom stereocenters. The lowest BCUT2D eigenvalue weighted by molar-refractivity contribution is 0.603. The first kappa shape index (κ1) is 12.5. The van der Waals surface area contributed by atoms with E-state index in [-0.39, 0.29) is 15.5 Å². The van der Waals surface area contributed by atoms with Gasteiger partial charge in [-0.2, -0.15) is 5.26 Å². The summed E-state index contributed by atoms with van der Waals surface area (Å²) < 4.78 is 39.1. The molecule has 92 valence electrons. The zero-order valence-electron chi connectivity index (χ0n) is 8.92. The van der Waals surface area contributed by atoms with Crippen LogP contribution in [0.25, 0.3) is 0 Å². The van der Waals surface area contributed by atoms with E-state index in [2.05, 4.69) is 4.72 Å². The van der Waals surface area contributed by atoms with Gasteiger partial charge in [0.15, 0.2) is 0 Å². The van der Waals surface area contributed by atoms with Gasteiger partial charge in [-0.05, 0) is 29.6 Å². The van der Waals surface area contributed by atoms with Gasteiger partial charge in [-0.1, -0.05) is 6.07 Å². The molecular formula is C11H7FN2O2S2. The third kappa shape index (κ3) is 2.50. The van der Waals surface area contributed by atoms with Gasteiger partial charge in [0.2, 0.25) is 0 Å². The number of sulfonamides is 1. The second-order valence-corrected chi connectivity index (χ2v) is 6.20. The molecule has 1 aromatic carbocycles. The van der Waals surface area contributed by atoms with E-state index in [0.29, 0.717) is 0 Å². The number of nitrogens with zero attached hydrogens (tertiary/aromatic N) is 1. The maximum absolute atomic E-state index is 12.9. The van der Waals surface area contributed by atoms with Crippen molar-refractivity contribution in [1.82, 2.24) is 0 Å². The van der Waals surface area contributed by atoms with E-state index in [1.165, 1.54) is 12.1 Å². The lowest BCUT2D eigenvalue weighted by Crippen LogP contribution is -2.12. The monoisotopic (exact) mass is 282 g/mol. The van der Waals surface area contributed by atoms with Crippen LogP contribution in [-0.4, -0.2) is 8.42 Å². The average molecular weight is 282 g/mol. The molecule has 0 amide bonds. The van der Waals surface area contributed by atoms with Crippen LogP contribution in [0.15, 0.2) is 39.9 Å². The van der Waals surface area contributed by atoms with Crippen molar-refractivity contribution < 1.29 is 12.8 Å². The fraction of sp³-hybridized carbons (Fsp3) is 0. The van der Waals surface area contributed by atoms with Crippen LogP contribution in [0.2, 0.25) is 0 Å². The number of nitrogens with one attached hydrogen (secondary N) is 1. The molecule has 0 aliphatic heterocycles. The molecule has 0 unspecified atom stereocenters. The predicted molar refractivity (Wildman–Crippen MR) is 66.2 cm³/mol. The third-order valence-corrected chi connectivity index (χ3v) is 4.87. The predicted octanol–water partition coefficient (Wildman–Crippen LogP) is 2.56. The summed E-state index contributed by atoms with van der Waals surface area (Å²) in [5.74, 6) is -0.592. The summed E-state index contributed by atoms with van der Waals surface area (Å²) in [6, 6.07) is 8.08. The van der Waals surface area contributed by atoms with E-state index < -0.39 is 15.8 Å². The standard InChI is InChI=1S/C11H7FN2O2S2/c12-9-3-4-10(8(6-9)7-13)14-18(15,16)11-2-1-5-17-11/h1-6,14H. The van der Waals surface area contributed by atoms with E-state index in [1.807, 2.05) is 0 Å². The number of halogens is 1. The molecule has 0 saturated heterocycles. The van der Waals surface area contributed by atoms with Crippen molar-refractivity contribution in [2.45, 2.75) is 4.21 Å². The molecule has 4 nitrogen and oxygen atoms in total. The normalized spacial score (nSPS) is 10.9. The zero-order chi connectivity index (χ0) is 13.2. The Morgan fingerprint density at radius 3 is 2.72 bits per heavy atom. The van der Waals surface area contributed by atoms with E-state index in [4.69, 9.17) is 5.26 Å². The van der Waals surface area contributed by atoms with Gasteiger partial charge in [0, 0.05) is 0 Å². The smallest absolute Gasteiger partial charge is 0.271 e. The number of benzene rings is 1. The summed E-state index contributed by atoms with van der Waals surface area (Å²) in [5, 5.41) is 10.5. The first-order valence-corrected chi connectivity index (χ1v) is 7.15. The van der Waals surface area contributed by atoms with Crippen molar-refractivity contribution in [2.24, 2.45) is 0 Å². The Morgan fingerprint density at radius 1 is 1.33 bits per heavy atom. The summed E-state index contributed by atoms with van der Waals surface area (Å²) in [5.41, 5.74) is 0.00225. The van der Waals surface area contributed by atoms with E-state index >= 15 is 0 Å². The van der Waals surface area contributed by atoms with Crippen molar-refractivity contribution in [3.63, 3.8) is 0 Å². The van der Waals surface area contributed by atoms with Gasteiger partial charge in [-0.3, -0.25) is 4.72 Å². The Hall–Kier alpha value is -1.91. The summed E-state index contributed by atoms with van der Waals surface area (Å²) in [7, 11) is -3.72. The second kappa shape index (κ2) is 4.76. The molecular weight excluding hydrogens is 275 g/mol. The highest BCUT2D eigenvalue weighted by atomic mass is 32.2. The highest BCUT2D eigenvalue weighted by molar-refractivity contribution is 7.94. The number of hydrogen-bond acceptors (Lipinski definition) is 4. The quantitative estimate of drug-likeness (QED) is 0.940. The molecule has 2 rings (SSSR count). The van der Waals surface area contributed by atoms with Gasteiger partial charge < -0.3 is 0 Å². The van der Waals surface area contributed by atoms with Crippen molar-refractivity contribution in [3.8, 4) is 6.07 Å². The minimum atomic E-state index is -3.72. The van der Waals surface area contributed by atoms with Crippen LogP contribution in [0.5, 0.6) is 0 Å². The van der Waals surface area contributed by atoms with Crippen molar-refractivity contribution in [2.75, 3.05) is 4.72 Å². The van der Waals surface area contributed by atoms with Crippen LogP contribution in [0, 0.1) is 17.1 Å². The summed E-state index contributed by atoms with van der Waals surface area (Å²) in [4.78, 5) is 0. The first-order valence-electron chi connectivity index (χ1n) is 4.79. The maximum atomic E-state index is 12.9. The van der Waals surface area contributed by atoms with E-state index in [0.717, 1.165) is 23.5 Å². The fourth-order valence-electron chi connectivity index (χ4n) is 1.31. The van der Waals surface area contributed by atoms with Crippen LogP contribution in [0.3, 0.4) is 0 Å². The molecule has 7 heteroatoms. The third-order valence-electron chi connectivity index (χ3n) is 2.11. The topological polar surface area (TPSA) is 70.0 Å². The van der Waals surface area contributed by atoms with Crippen LogP contribution in [-0.2, 0) is 10.0 Å². The zero-order valence-corrected chi connectivity index (χ0v) is 10.6. The van der Waals surface area contributed by atoms with Gasteiger partial charge in [-0.25, -0.2) is 12.8 Å². The second-order valence-electron chi connectivity index (χ2n) is 3.34. The molecule has 0 aliphatic carbocycles. The largest absolute Gasteiger partial charge is 0.278 e. The van der Waals surface area contributed by atoms with E-state index in [1.54, 1.807) is 17.5 Å². The van der Waals surface area contributed by atoms with Gasteiger partial charge in [0.1, 0.15) is 16.1 Å². The molecule has 0 saturated carbocycles. The summed E-state index contributed by atoms with van der Waals surface area (Å²) in [6.45, 7) is 0. The molecule has 1 N–H and O–H groups in total. The lowest BCUT2D eigenvalue weighted by atomic mass is 10.2. The number of hydrogen-bond donors (Lipinski definition) is 1. The molecule has 2 aromatic rings. The van der Waals surface area contributed by atoms with Crippen LogP contribution in [0.4, 0.5) is 10.1 Å². The van der Waals surface area contributed by atoms with Gasteiger partial charge in [0.25, 0.3) is 10.0 Å². The number of thiophene rings is 1. The maximum Gasteiger partial charge on any atom is 0.271 e. The average Bonchev–Trinajstić information content (AvgIpc) is 2.85. The van der Waals surface area contributed by atoms with Gasteiger partial charge in [-0.15, -0.1) is 11.3 Å². The molecule has 0 aliphatic rings. The van der Waals surface area contributed by atoms with Crippen molar-refractivity contribution >= 4 is 27.0 Å². The Kier molecular flexibility index (Phi) is 3.32. The Morgan fingerprint density at radius 2 is 2.11 bits per heavy atom. The van der Waals surface area contributed by atoms with Crippen molar-refractivity contribution in [3.05, 3.63) is 47.1 Å². The lowest BCUT2D eigenvalue weighted by Gasteiger charge is -2.07. The summed E-state index contributed by atoms with van der Waals surface area (Å²) >= 11 is 1.06. The Balaban J connectivity index is 2.39. The van der Waals surface area contributed by atoms with Gasteiger partial charge in [0.05, 0.1) is 11.3 Å². The molecule has 0 bridgehead atoms. The van der Waals surface area contributed by atoms with Crippen LogP contribution >= 0.6 is 11.3 Å². The minimum absolute atomic E-state index is 0.0601. The number of nitriles is 1. The number of anilines is 1. The van der Waals surface area contributed by atoms with Crippen molar-refractivity contribution in [1.29, 1.82) is 5.26 Å². The minimum Gasteiger partial charge on any atom is -0.278 e. The number of rotatable bonds is 3. The Labute approximate surface area is 107 Å². The van der Waals surface area contributed by atoms with E-state index in [9.17, 15) is 12.8 Å². The molecule has 18 heavy (non-hydrogen) atoms.